The molecule has 1 aliphatic carbocycles. The topological polar surface area (TPSA) is 51.5 Å². The van der Waals surface area contributed by atoms with Crippen LogP contribution in [-0.4, -0.2) is 20.9 Å². The summed E-state index contributed by atoms with van der Waals surface area (Å²) < 4.78 is 7.89. The van der Waals surface area contributed by atoms with Crippen molar-refractivity contribution >= 4 is 11.5 Å². The van der Waals surface area contributed by atoms with Gasteiger partial charge in [0.25, 0.3) is 0 Å². The molecule has 2 aromatic carbocycles. The third-order valence-corrected chi connectivity index (χ3v) is 4.76. The first-order chi connectivity index (χ1) is 13.3. The Bertz CT molecular complexity index is 1050. The van der Waals surface area contributed by atoms with Gasteiger partial charge in [-0.1, -0.05) is 18.2 Å². The Labute approximate surface area is 157 Å². The highest BCUT2D eigenvalue weighted by Gasteiger charge is 2.21. The minimum absolute atomic E-state index is 0.778. The molecule has 0 aliphatic heterocycles. The maximum atomic E-state index is 5.87. The normalized spacial score (nSPS) is 13.6. The first-order valence-corrected chi connectivity index (χ1v) is 9.26. The van der Waals surface area contributed by atoms with Gasteiger partial charge in [-0.15, -0.1) is 0 Å². The van der Waals surface area contributed by atoms with Crippen LogP contribution >= 0.6 is 0 Å². The average Bonchev–Trinajstić information content (AvgIpc) is 3.42. The molecule has 1 saturated carbocycles. The van der Waals surface area contributed by atoms with E-state index in [9.17, 15) is 0 Å². The van der Waals surface area contributed by atoms with Crippen LogP contribution in [0.25, 0.3) is 16.9 Å². The SMILES string of the molecule is c1ccc(Oc2ccc(-c3cn4ccnc4c(NCC4CC4)n3)cc2)cc1. The molecule has 134 valence electrons. The summed E-state index contributed by atoms with van der Waals surface area (Å²) in [6, 6.07) is 17.8. The van der Waals surface area contributed by atoms with Gasteiger partial charge in [0, 0.05) is 30.7 Å². The molecule has 2 aromatic heterocycles. The molecule has 4 aromatic rings. The molecule has 0 amide bonds. The van der Waals surface area contributed by atoms with Crippen LogP contribution in [0, 0.1) is 5.92 Å². The fourth-order valence-corrected chi connectivity index (χ4v) is 3.07. The number of hydrogen-bond donors (Lipinski definition) is 1. The summed E-state index contributed by atoms with van der Waals surface area (Å²) in [5, 5.41) is 3.47. The van der Waals surface area contributed by atoms with Gasteiger partial charge < -0.3 is 14.5 Å². The van der Waals surface area contributed by atoms with Crippen molar-refractivity contribution in [3.05, 3.63) is 73.2 Å². The molecule has 27 heavy (non-hydrogen) atoms. The largest absolute Gasteiger partial charge is 0.457 e. The van der Waals surface area contributed by atoms with E-state index in [0.717, 1.165) is 46.7 Å². The zero-order valence-corrected chi connectivity index (χ0v) is 14.9. The van der Waals surface area contributed by atoms with Crippen molar-refractivity contribution in [1.29, 1.82) is 0 Å². The van der Waals surface area contributed by atoms with Crippen LogP contribution in [0.5, 0.6) is 11.5 Å². The Morgan fingerprint density at radius 1 is 1.00 bits per heavy atom. The van der Waals surface area contributed by atoms with Crippen LogP contribution in [0.4, 0.5) is 5.82 Å². The van der Waals surface area contributed by atoms with Gasteiger partial charge in [-0.05, 0) is 55.2 Å². The summed E-state index contributed by atoms with van der Waals surface area (Å²) in [6.45, 7) is 0.961. The van der Waals surface area contributed by atoms with Crippen molar-refractivity contribution in [1.82, 2.24) is 14.4 Å². The van der Waals surface area contributed by atoms with Gasteiger partial charge in [-0.25, -0.2) is 9.97 Å². The fraction of sp³-hybridized carbons (Fsp3) is 0.182. The molecule has 0 bridgehead atoms. The summed E-state index contributed by atoms with van der Waals surface area (Å²) in [6.07, 6.45) is 8.38. The van der Waals surface area contributed by atoms with Gasteiger partial charge in [0.15, 0.2) is 11.5 Å². The third-order valence-electron chi connectivity index (χ3n) is 4.76. The number of nitrogens with one attached hydrogen (secondary N) is 1. The molecule has 1 N–H and O–H groups in total. The van der Waals surface area contributed by atoms with Gasteiger partial charge in [-0.2, -0.15) is 0 Å². The third kappa shape index (κ3) is 3.49. The zero-order chi connectivity index (χ0) is 18.1. The van der Waals surface area contributed by atoms with Crippen molar-refractivity contribution in [3.8, 4) is 22.8 Å². The van der Waals surface area contributed by atoms with E-state index < -0.39 is 0 Å². The van der Waals surface area contributed by atoms with Crippen LogP contribution in [-0.2, 0) is 0 Å². The van der Waals surface area contributed by atoms with Gasteiger partial charge in [0.2, 0.25) is 0 Å². The first kappa shape index (κ1) is 15.9. The number of benzene rings is 2. The summed E-state index contributed by atoms with van der Waals surface area (Å²) in [5.74, 6) is 3.25. The van der Waals surface area contributed by atoms with Crippen LogP contribution in [0.2, 0.25) is 0 Å². The lowest BCUT2D eigenvalue weighted by atomic mass is 10.1. The van der Waals surface area contributed by atoms with E-state index in [4.69, 9.17) is 9.72 Å². The van der Waals surface area contributed by atoms with Crippen molar-refractivity contribution < 1.29 is 4.74 Å². The van der Waals surface area contributed by atoms with Crippen LogP contribution in [0.15, 0.2) is 73.2 Å². The second kappa shape index (κ2) is 6.76. The fourth-order valence-electron chi connectivity index (χ4n) is 3.07. The quantitative estimate of drug-likeness (QED) is 0.527. The van der Waals surface area contributed by atoms with Crippen molar-refractivity contribution in [3.63, 3.8) is 0 Å². The highest BCUT2D eigenvalue weighted by atomic mass is 16.5. The second-order valence-corrected chi connectivity index (χ2v) is 6.90. The molecule has 0 saturated heterocycles. The predicted molar refractivity (Wildman–Crippen MR) is 106 cm³/mol. The Morgan fingerprint density at radius 3 is 2.56 bits per heavy atom. The molecule has 0 radical (unpaired) electrons. The van der Waals surface area contributed by atoms with E-state index in [1.54, 1.807) is 6.20 Å². The number of rotatable bonds is 6. The van der Waals surface area contributed by atoms with Crippen LogP contribution in [0.3, 0.4) is 0 Å². The maximum absolute atomic E-state index is 5.87. The van der Waals surface area contributed by atoms with Gasteiger partial charge in [0.05, 0.1) is 5.69 Å². The second-order valence-electron chi connectivity index (χ2n) is 6.90. The van der Waals surface area contributed by atoms with E-state index in [0.29, 0.717) is 0 Å². The highest BCUT2D eigenvalue weighted by molar-refractivity contribution is 5.69. The van der Waals surface area contributed by atoms with E-state index in [2.05, 4.69) is 10.3 Å². The maximum Gasteiger partial charge on any atom is 0.180 e. The van der Waals surface area contributed by atoms with Gasteiger partial charge in [0.1, 0.15) is 11.5 Å². The van der Waals surface area contributed by atoms with Crippen molar-refractivity contribution in [2.45, 2.75) is 12.8 Å². The number of aromatic nitrogens is 3. The lowest BCUT2D eigenvalue weighted by molar-refractivity contribution is 0.483. The monoisotopic (exact) mass is 356 g/mol. The van der Waals surface area contributed by atoms with Crippen molar-refractivity contribution in [2.75, 3.05) is 11.9 Å². The molecule has 0 atom stereocenters. The molecule has 5 heteroatoms. The van der Waals surface area contributed by atoms with E-state index in [-0.39, 0.29) is 0 Å². The van der Waals surface area contributed by atoms with Crippen LogP contribution in [0.1, 0.15) is 12.8 Å². The number of anilines is 1. The lowest BCUT2D eigenvalue weighted by Gasteiger charge is -2.10. The molecule has 2 heterocycles. The molecule has 1 fully saturated rings. The number of imidazole rings is 1. The number of hydrogen-bond acceptors (Lipinski definition) is 4. The Balaban J connectivity index is 1.42. The van der Waals surface area contributed by atoms with Gasteiger partial charge >= 0.3 is 0 Å². The van der Waals surface area contributed by atoms with Gasteiger partial charge in [-0.3, -0.25) is 0 Å². The number of para-hydroxylation sites is 1. The predicted octanol–water partition coefficient (Wildman–Crippen LogP) is 5.01. The first-order valence-electron chi connectivity index (χ1n) is 9.26. The molecular formula is C22H20N4O. The Hall–Kier alpha value is -3.34. The standard InChI is InChI=1S/C22H20N4O/c1-2-4-18(5-3-1)27-19-10-8-17(9-11-19)20-15-26-13-12-23-22(26)21(25-20)24-14-16-6-7-16/h1-5,8-13,15-16H,6-7,14H2,(H,24,25). The molecule has 5 rings (SSSR count). The number of ether oxygens (including phenoxy) is 1. The number of fused-ring (bicyclic) bond motifs is 1. The van der Waals surface area contributed by atoms with E-state index in [1.165, 1.54) is 12.8 Å². The summed E-state index contributed by atoms with van der Waals surface area (Å²) >= 11 is 0. The number of nitrogens with zero attached hydrogens (tertiary/aromatic N) is 3. The molecule has 0 spiro atoms. The Kier molecular flexibility index (Phi) is 3.98. The Morgan fingerprint density at radius 2 is 1.78 bits per heavy atom. The summed E-state index contributed by atoms with van der Waals surface area (Å²) in [5.41, 5.74) is 2.81. The van der Waals surface area contributed by atoms with E-state index >= 15 is 0 Å². The van der Waals surface area contributed by atoms with E-state index in [1.807, 2.05) is 71.4 Å². The summed E-state index contributed by atoms with van der Waals surface area (Å²) in [7, 11) is 0. The smallest absolute Gasteiger partial charge is 0.180 e. The minimum Gasteiger partial charge on any atom is -0.457 e. The van der Waals surface area contributed by atoms with Crippen LogP contribution < -0.4 is 10.1 Å². The molecule has 5 nitrogen and oxygen atoms in total. The zero-order valence-electron chi connectivity index (χ0n) is 14.9. The highest BCUT2D eigenvalue weighted by Crippen LogP contribution is 2.30. The lowest BCUT2D eigenvalue weighted by Crippen LogP contribution is -2.07. The average molecular weight is 356 g/mol. The summed E-state index contributed by atoms with van der Waals surface area (Å²) in [4.78, 5) is 9.25. The molecule has 1 aliphatic rings. The minimum atomic E-state index is 0.778. The van der Waals surface area contributed by atoms with Crippen molar-refractivity contribution in [2.24, 2.45) is 5.92 Å². The molecular weight excluding hydrogens is 336 g/mol. The molecule has 0 unspecified atom stereocenters.